The smallest absolute Gasteiger partial charge is 0.330 e. The summed E-state index contributed by atoms with van der Waals surface area (Å²) in [6, 6.07) is 1.90. The molecule has 1 aliphatic heterocycles. The number of nitrogens with one attached hydrogen (secondary N) is 1. The van der Waals surface area contributed by atoms with Crippen LogP contribution in [0.25, 0.3) is 6.08 Å². The van der Waals surface area contributed by atoms with Crippen LogP contribution in [0, 0.1) is 0 Å². The molecule has 0 radical (unpaired) electrons. The maximum Gasteiger partial charge on any atom is 0.330 e. The first-order valence-electron chi connectivity index (χ1n) is 5.24. The van der Waals surface area contributed by atoms with Crippen LogP contribution in [0.3, 0.4) is 0 Å². The van der Waals surface area contributed by atoms with Crippen molar-refractivity contribution in [2.24, 2.45) is 0 Å². The molecule has 2 rings (SSSR count). The van der Waals surface area contributed by atoms with Crippen molar-refractivity contribution in [2.45, 2.75) is 12.8 Å². The zero-order valence-electron chi connectivity index (χ0n) is 9.40. The minimum absolute atomic E-state index is 0.0112. The molecule has 0 aliphatic carbocycles. The first kappa shape index (κ1) is 11.3. The normalized spacial score (nSPS) is 14.3. The van der Waals surface area contributed by atoms with Crippen molar-refractivity contribution >= 4 is 23.8 Å². The summed E-state index contributed by atoms with van der Waals surface area (Å²) in [7, 11) is 1.33. The lowest BCUT2D eigenvalue weighted by Crippen LogP contribution is -2.20. The van der Waals surface area contributed by atoms with Crippen LogP contribution in [0.5, 0.6) is 0 Å². The van der Waals surface area contributed by atoms with Gasteiger partial charge in [-0.1, -0.05) is 0 Å². The van der Waals surface area contributed by atoms with Crippen LogP contribution in [0.2, 0.25) is 0 Å². The number of aryl methyl sites for hydroxylation is 1. The number of pyridine rings is 1. The minimum atomic E-state index is -0.406. The van der Waals surface area contributed by atoms with Crippen molar-refractivity contribution in [1.82, 2.24) is 4.98 Å². The number of esters is 1. The second kappa shape index (κ2) is 4.78. The first-order chi connectivity index (χ1) is 8.19. The van der Waals surface area contributed by atoms with E-state index in [9.17, 15) is 9.59 Å². The number of amides is 1. The van der Waals surface area contributed by atoms with Gasteiger partial charge in [-0.25, -0.2) is 9.78 Å². The number of aromatic nitrogens is 1. The molecule has 0 unspecified atom stereocenters. The molecule has 0 fully saturated rings. The molecule has 1 aromatic rings. The number of carbonyl (C=O) groups excluding carboxylic acids is 2. The monoisotopic (exact) mass is 232 g/mol. The van der Waals surface area contributed by atoms with E-state index in [2.05, 4.69) is 15.0 Å². The Morgan fingerprint density at radius 1 is 1.53 bits per heavy atom. The van der Waals surface area contributed by atoms with E-state index in [0.717, 1.165) is 11.1 Å². The van der Waals surface area contributed by atoms with Gasteiger partial charge in [-0.05, 0) is 29.7 Å². The molecule has 0 aromatic carbocycles. The molecule has 1 aliphatic rings. The Bertz CT molecular complexity index is 495. The van der Waals surface area contributed by atoms with Crippen LogP contribution in [0.1, 0.15) is 17.5 Å². The predicted octanol–water partition coefficient (Wildman–Crippen LogP) is 1.15. The fraction of sp³-hybridized carbons (Fsp3) is 0.250. The van der Waals surface area contributed by atoms with E-state index >= 15 is 0 Å². The molecule has 0 saturated carbocycles. The fourth-order valence-corrected chi connectivity index (χ4v) is 1.60. The summed E-state index contributed by atoms with van der Waals surface area (Å²) in [5, 5.41) is 2.70. The molecule has 5 nitrogen and oxygen atoms in total. The molecule has 5 heteroatoms. The van der Waals surface area contributed by atoms with Gasteiger partial charge in [0.25, 0.3) is 0 Å². The largest absolute Gasteiger partial charge is 0.466 e. The number of ether oxygens (including phenoxy) is 1. The van der Waals surface area contributed by atoms with E-state index in [0.29, 0.717) is 18.7 Å². The van der Waals surface area contributed by atoms with Crippen molar-refractivity contribution in [3.8, 4) is 0 Å². The van der Waals surface area contributed by atoms with Gasteiger partial charge in [0.15, 0.2) is 0 Å². The van der Waals surface area contributed by atoms with Crippen LogP contribution in [0.15, 0.2) is 18.3 Å². The molecule has 0 saturated heterocycles. The standard InChI is InChI=1S/C12H12N2O3/c1-17-11(16)5-2-8-6-9-3-4-10(15)14-12(9)13-7-8/h2,5-7H,3-4H2,1H3,(H,13,14,15)/b5-2+. The average Bonchev–Trinajstić information content (AvgIpc) is 2.35. The summed E-state index contributed by atoms with van der Waals surface area (Å²) in [6.07, 6.45) is 5.72. The molecule has 2 heterocycles. The molecular weight excluding hydrogens is 220 g/mol. The van der Waals surface area contributed by atoms with Gasteiger partial charge in [0.05, 0.1) is 7.11 Å². The van der Waals surface area contributed by atoms with Crippen molar-refractivity contribution in [3.63, 3.8) is 0 Å². The van der Waals surface area contributed by atoms with Crippen LogP contribution in [-0.4, -0.2) is 24.0 Å². The first-order valence-corrected chi connectivity index (χ1v) is 5.24. The number of fused-ring (bicyclic) bond motifs is 1. The number of hydrogen-bond donors (Lipinski definition) is 1. The Balaban J connectivity index is 2.19. The van der Waals surface area contributed by atoms with Gasteiger partial charge in [-0.3, -0.25) is 4.79 Å². The highest BCUT2D eigenvalue weighted by atomic mass is 16.5. The Hall–Kier alpha value is -2.17. The molecule has 1 aromatic heterocycles. The van der Waals surface area contributed by atoms with Crippen molar-refractivity contribution in [3.05, 3.63) is 29.5 Å². The number of hydrogen-bond acceptors (Lipinski definition) is 4. The summed E-state index contributed by atoms with van der Waals surface area (Å²) >= 11 is 0. The van der Waals surface area contributed by atoms with E-state index in [1.807, 2.05) is 6.07 Å². The van der Waals surface area contributed by atoms with E-state index in [4.69, 9.17) is 0 Å². The van der Waals surface area contributed by atoms with Gasteiger partial charge < -0.3 is 10.1 Å². The Labute approximate surface area is 98.5 Å². The second-order valence-corrected chi connectivity index (χ2v) is 3.68. The molecular formula is C12H12N2O3. The third kappa shape index (κ3) is 2.69. The van der Waals surface area contributed by atoms with Crippen LogP contribution in [0.4, 0.5) is 5.82 Å². The van der Waals surface area contributed by atoms with Gasteiger partial charge in [0.2, 0.25) is 5.91 Å². The lowest BCUT2D eigenvalue weighted by atomic mass is 10.0. The molecule has 88 valence electrons. The SMILES string of the molecule is COC(=O)/C=C/c1cnc2c(c1)CCC(=O)N2. The second-order valence-electron chi connectivity index (χ2n) is 3.68. The zero-order valence-corrected chi connectivity index (χ0v) is 9.40. The van der Waals surface area contributed by atoms with Crippen LogP contribution in [-0.2, 0) is 20.7 Å². The summed E-state index contributed by atoms with van der Waals surface area (Å²) in [6.45, 7) is 0. The topological polar surface area (TPSA) is 68.3 Å². The highest BCUT2D eigenvalue weighted by molar-refractivity contribution is 5.93. The van der Waals surface area contributed by atoms with Gasteiger partial charge in [-0.15, -0.1) is 0 Å². The Morgan fingerprint density at radius 3 is 3.12 bits per heavy atom. The van der Waals surface area contributed by atoms with E-state index in [-0.39, 0.29) is 5.91 Å². The van der Waals surface area contributed by atoms with Crippen molar-refractivity contribution < 1.29 is 14.3 Å². The molecule has 0 spiro atoms. The Kier molecular flexibility index (Phi) is 3.18. The average molecular weight is 232 g/mol. The number of carbonyl (C=O) groups is 2. The molecule has 0 bridgehead atoms. The van der Waals surface area contributed by atoms with Crippen molar-refractivity contribution in [1.29, 1.82) is 0 Å². The summed E-state index contributed by atoms with van der Waals surface area (Å²) in [4.78, 5) is 26.2. The highest BCUT2D eigenvalue weighted by Gasteiger charge is 2.15. The molecule has 1 amide bonds. The quantitative estimate of drug-likeness (QED) is 0.613. The lowest BCUT2D eigenvalue weighted by molar-refractivity contribution is -0.134. The number of methoxy groups -OCH3 is 1. The number of anilines is 1. The Morgan fingerprint density at radius 2 is 2.35 bits per heavy atom. The maximum absolute atomic E-state index is 11.1. The van der Waals surface area contributed by atoms with Gasteiger partial charge in [0, 0.05) is 18.7 Å². The van der Waals surface area contributed by atoms with Crippen molar-refractivity contribution in [2.75, 3.05) is 12.4 Å². The van der Waals surface area contributed by atoms with Gasteiger partial charge in [-0.2, -0.15) is 0 Å². The van der Waals surface area contributed by atoms with Gasteiger partial charge in [0.1, 0.15) is 5.82 Å². The summed E-state index contributed by atoms with van der Waals surface area (Å²) in [5.74, 6) is 0.190. The van der Waals surface area contributed by atoms with Gasteiger partial charge >= 0.3 is 5.97 Å². The van der Waals surface area contributed by atoms with E-state index in [1.165, 1.54) is 13.2 Å². The summed E-state index contributed by atoms with van der Waals surface area (Å²) in [5.41, 5.74) is 1.79. The highest BCUT2D eigenvalue weighted by Crippen LogP contribution is 2.21. The predicted molar refractivity (Wildman–Crippen MR) is 62.2 cm³/mol. The minimum Gasteiger partial charge on any atom is -0.466 e. The number of rotatable bonds is 2. The van der Waals surface area contributed by atoms with Crippen LogP contribution >= 0.6 is 0 Å². The lowest BCUT2D eigenvalue weighted by Gasteiger charge is -2.15. The number of nitrogens with zero attached hydrogens (tertiary/aromatic N) is 1. The van der Waals surface area contributed by atoms with E-state index in [1.54, 1.807) is 12.3 Å². The third-order valence-electron chi connectivity index (χ3n) is 2.48. The molecule has 1 N–H and O–H groups in total. The molecule has 17 heavy (non-hydrogen) atoms. The van der Waals surface area contributed by atoms with Crippen LogP contribution < -0.4 is 5.32 Å². The fourth-order valence-electron chi connectivity index (χ4n) is 1.60. The van der Waals surface area contributed by atoms with E-state index < -0.39 is 5.97 Å². The zero-order chi connectivity index (χ0) is 12.3. The molecule has 0 atom stereocenters. The summed E-state index contributed by atoms with van der Waals surface area (Å²) < 4.78 is 4.50. The third-order valence-corrected chi connectivity index (χ3v) is 2.48. The maximum atomic E-state index is 11.1.